The molecule has 0 atom stereocenters. The number of hydrogen-bond donors (Lipinski definition) is 2. The average molecular weight is 311 g/mol. The van der Waals surface area contributed by atoms with E-state index in [4.69, 9.17) is 15.2 Å². The summed E-state index contributed by atoms with van der Waals surface area (Å²) in [6, 6.07) is 11.1. The van der Waals surface area contributed by atoms with Gasteiger partial charge in [-0.1, -0.05) is 24.3 Å². The maximum atomic E-state index is 11.7. The van der Waals surface area contributed by atoms with E-state index in [1.165, 1.54) is 13.2 Å². The van der Waals surface area contributed by atoms with Crippen LogP contribution in [0.1, 0.15) is 15.9 Å². The van der Waals surface area contributed by atoms with E-state index in [1.54, 1.807) is 7.11 Å². The molecule has 5 nitrogen and oxygen atoms in total. The van der Waals surface area contributed by atoms with Crippen LogP contribution >= 0.6 is 0 Å². The van der Waals surface area contributed by atoms with Gasteiger partial charge >= 0.3 is 5.97 Å². The minimum absolute atomic E-state index is 0.156. The Balaban J connectivity index is 2.67. The van der Waals surface area contributed by atoms with Crippen molar-refractivity contribution in [1.82, 2.24) is 0 Å². The summed E-state index contributed by atoms with van der Waals surface area (Å²) >= 11 is 0. The van der Waals surface area contributed by atoms with Gasteiger partial charge in [-0.2, -0.15) is 0 Å². The first-order valence-corrected chi connectivity index (χ1v) is 7.15. The third-order valence-electron chi connectivity index (χ3n) is 4.00. The van der Waals surface area contributed by atoms with Crippen molar-refractivity contribution in [1.29, 1.82) is 0 Å². The molecule has 0 heterocycles. The van der Waals surface area contributed by atoms with Gasteiger partial charge in [0.05, 0.1) is 19.8 Å². The zero-order chi connectivity index (χ0) is 16.6. The zero-order valence-corrected chi connectivity index (χ0v) is 12.9. The fourth-order valence-corrected chi connectivity index (χ4v) is 3.03. The monoisotopic (exact) mass is 311 g/mol. The van der Waals surface area contributed by atoms with Gasteiger partial charge in [0, 0.05) is 17.3 Å². The Morgan fingerprint density at radius 3 is 2.48 bits per heavy atom. The van der Waals surface area contributed by atoms with Crippen LogP contribution < -0.4 is 15.2 Å². The summed E-state index contributed by atoms with van der Waals surface area (Å²) in [4.78, 5) is 11.7. The number of nitrogens with two attached hydrogens (primary N) is 1. The first-order chi connectivity index (χ1) is 11.1. The molecule has 0 aromatic heterocycles. The summed E-state index contributed by atoms with van der Waals surface area (Å²) in [5.74, 6) is -0.128. The zero-order valence-electron chi connectivity index (χ0n) is 12.9. The predicted octanol–water partition coefficient (Wildman–Crippen LogP) is 3.17. The summed E-state index contributed by atoms with van der Waals surface area (Å²) in [5, 5.41) is 12.8. The SMILES string of the molecule is COc1cc(C(=O)O)c2c(CN)cc3ccccc3c2c1OC. The van der Waals surface area contributed by atoms with Crippen molar-refractivity contribution in [3.05, 3.63) is 47.5 Å². The molecular formula is C18H17NO4. The third kappa shape index (κ3) is 2.26. The van der Waals surface area contributed by atoms with Crippen molar-refractivity contribution in [2.75, 3.05) is 14.2 Å². The van der Waals surface area contributed by atoms with E-state index in [1.807, 2.05) is 30.3 Å². The largest absolute Gasteiger partial charge is 0.493 e. The lowest BCUT2D eigenvalue weighted by Crippen LogP contribution is -2.06. The molecule has 0 bridgehead atoms. The van der Waals surface area contributed by atoms with E-state index in [9.17, 15) is 9.90 Å². The fourth-order valence-electron chi connectivity index (χ4n) is 3.03. The van der Waals surface area contributed by atoms with Gasteiger partial charge in [-0.15, -0.1) is 0 Å². The molecule has 23 heavy (non-hydrogen) atoms. The lowest BCUT2D eigenvalue weighted by Gasteiger charge is -2.17. The van der Waals surface area contributed by atoms with E-state index in [0.29, 0.717) is 22.3 Å². The predicted molar refractivity (Wildman–Crippen MR) is 89.4 cm³/mol. The van der Waals surface area contributed by atoms with Gasteiger partial charge in [0.1, 0.15) is 0 Å². The molecule has 118 valence electrons. The molecule has 0 radical (unpaired) electrons. The highest BCUT2D eigenvalue weighted by molar-refractivity contribution is 6.18. The van der Waals surface area contributed by atoms with Crippen LogP contribution in [-0.4, -0.2) is 25.3 Å². The van der Waals surface area contributed by atoms with E-state index >= 15 is 0 Å². The van der Waals surface area contributed by atoms with Crippen LogP contribution in [0, 0.1) is 0 Å². The normalized spacial score (nSPS) is 10.9. The van der Waals surface area contributed by atoms with Gasteiger partial charge in [-0.3, -0.25) is 0 Å². The molecular weight excluding hydrogens is 294 g/mol. The molecule has 3 aromatic carbocycles. The first kappa shape index (κ1) is 15.1. The molecule has 3 N–H and O–H groups in total. The number of ether oxygens (including phenoxy) is 2. The van der Waals surface area contributed by atoms with Crippen molar-refractivity contribution >= 4 is 27.5 Å². The van der Waals surface area contributed by atoms with Crippen molar-refractivity contribution in [3.63, 3.8) is 0 Å². The molecule has 0 fully saturated rings. The molecule has 0 amide bonds. The lowest BCUT2D eigenvalue weighted by atomic mass is 9.92. The first-order valence-electron chi connectivity index (χ1n) is 7.15. The number of fused-ring (bicyclic) bond motifs is 3. The standard InChI is InChI=1S/C18H17NO4/c1-22-14-8-13(18(20)21)15-11(9-19)7-10-5-3-4-6-12(10)16(15)17(14)23-2/h3-8H,9,19H2,1-2H3,(H,20,21). The quantitative estimate of drug-likeness (QED) is 0.723. The number of hydrogen-bond acceptors (Lipinski definition) is 4. The lowest BCUT2D eigenvalue weighted by molar-refractivity contribution is 0.0698. The molecule has 0 unspecified atom stereocenters. The Morgan fingerprint density at radius 2 is 1.87 bits per heavy atom. The number of aromatic carboxylic acids is 1. The van der Waals surface area contributed by atoms with Gasteiger partial charge in [0.2, 0.25) is 0 Å². The number of carboxylic acid groups (broad SMARTS) is 1. The average Bonchev–Trinajstić information content (AvgIpc) is 2.58. The minimum Gasteiger partial charge on any atom is -0.493 e. The molecule has 0 aliphatic carbocycles. The van der Waals surface area contributed by atoms with Crippen molar-refractivity contribution in [2.24, 2.45) is 5.73 Å². The third-order valence-corrected chi connectivity index (χ3v) is 4.00. The van der Waals surface area contributed by atoms with Crippen LogP contribution in [0.25, 0.3) is 21.5 Å². The Bertz CT molecular complexity index is 918. The van der Waals surface area contributed by atoms with Crippen LogP contribution in [0.15, 0.2) is 36.4 Å². The highest BCUT2D eigenvalue weighted by Gasteiger charge is 2.21. The van der Waals surface area contributed by atoms with Crippen LogP contribution in [0.5, 0.6) is 11.5 Å². The Morgan fingerprint density at radius 1 is 1.13 bits per heavy atom. The van der Waals surface area contributed by atoms with Gasteiger partial charge < -0.3 is 20.3 Å². The second kappa shape index (κ2) is 5.78. The van der Waals surface area contributed by atoms with Crippen molar-refractivity contribution in [3.8, 4) is 11.5 Å². The Hall–Kier alpha value is -2.79. The molecule has 0 aliphatic heterocycles. The van der Waals surface area contributed by atoms with Crippen LogP contribution in [-0.2, 0) is 6.54 Å². The van der Waals surface area contributed by atoms with Gasteiger partial charge in [0.25, 0.3) is 0 Å². The van der Waals surface area contributed by atoms with E-state index in [2.05, 4.69) is 0 Å². The number of benzene rings is 3. The van der Waals surface area contributed by atoms with Crippen molar-refractivity contribution in [2.45, 2.75) is 6.54 Å². The number of methoxy groups -OCH3 is 2. The molecule has 0 spiro atoms. The van der Waals surface area contributed by atoms with Gasteiger partial charge in [-0.25, -0.2) is 4.79 Å². The van der Waals surface area contributed by atoms with Gasteiger partial charge in [-0.05, 0) is 28.5 Å². The highest BCUT2D eigenvalue weighted by Crippen LogP contribution is 2.43. The topological polar surface area (TPSA) is 81.8 Å². The van der Waals surface area contributed by atoms with Gasteiger partial charge in [0.15, 0.2) is 11.5 Å². The molecule has 3 aromatic rings. The fraction of sp³-hybridized carbons (Fsp3) is 0.167. The van der Waals surface area contributed by atoms with E-state index < -0.39 is 5.97 Å². The van der Waals surface area contributed by atoms with Crippen LogP contribution in [0.4, 0.5) is 0 Å². The smallest absolute Gasteiger partial charge is 0.336 e. The number of carbonyl (C=O) groups is 1. The maximum Gasteiger partial charge on any atom is 0.336 e. The minimum atomic E-state index is -1.03. The molecule has 0 saturated carbocycles. The molecule has 0 saturated heterocycles. The summed E-state index contributed by atoms with van der Waals surface area (Å²) in [6.45, 7) is 0.233. The summed E-state index contributed by atoms with van der Waals surface area (Å²) in [7, 11) is 3.03. The Kier molecular flexibility index (Phi) is 3.80. The van der Waals surface area contributed by atoms with Crippen LogP contribution in [0.3, 0.4) is 0 Å². The molecule has 5 heteroatoms. The highest BCUT2D eigenvalue weighted by atomic mass is 16.5. The van der Waals surface area contributed by atoms with E-state index in [0.717, 1.165) is 16.3 Å². The van der Waals surface area contributed by atoms with Crippen LogP contribution in [0.2, 0.25) is 0 Å². The summed E-state index contributed by atoms with van der Waals surface area (Å²) in [6.07, 6.45) is 0. The number of carboxylic acids is 1. The second-order valence-electron chi connectivity index (χ2n) is 5.18. The maximum absolute atomic E-state index is 11.7. The second-order valence-corrected chi connectivity index (χ2v) is 5.18. The number of rotatable bonds is 4. The summed E-state index contributed by atoms with van der Waals surface area (Å²) in [5.41, 5.74) is 6.79. The summed E-state index contributed by atoms with van der Waals surface area (Å²) < 4.78 is 10.9. The van der Waals surface area contributed by atoms with Crippen molar-refractivity contribution < 1.29 is 19.4 Å². The molecule has 3 rings (SSSR count). The Labute approximate surface area is 133 Å². The van der Waals surface area contributed by atoms with E-state index in [-0.39, 0.29) is 12.1 Å². The molecule has 0 aliphatic rings.